The number of nitrogens with zero attached hydrogens (tertiary/aromatic N) is 3. The van der Waals surface area contributed by atoms with Crippen molar-refractivity contribution in [1.82, 2.24) is 15.5 Å². The predicted octanol–water partition coefficient (Wildman–Crippen LogP) is 3.14. The van der Waals surface area contributed by atoms with Gasteiger partial charge < -0.3 is 9.84 Å². The summed E-state index contributed by atoms with van der Waals surface area (Å²) in [5, 5.41) is 15.2. The average Bonchev–Trinajstić information content (AvgIpc) is 3.34. The number of Topliss-reactive ketones (excluding diaryl/α,β-unsaturated/α-hetero) is 1. The number of alkyl halides is 3. The fourth-order valence-corrected chi connectivity index (χ4v) is 3.00. The molecule has 0 bridgehead atoms. The number of carbonyl (C=O) groups is 2. The van der Waals surface area contributed by atoms with Gasteiger partial charge in [0.15, 0.2) is 11.7 Å². The van der Waals surface area contributed by atoms with Crippen LogP contribution in [0.15, 0.2) is 28.8 Å². The topological polar surface area (TPSA) is 109 Å². The van der Waals surface area contributed by atoms with Gasteiger partial charge in [0.1, 0.15) is 0 Å². The lowest BCUT2D eigenvalue weighted by molar-refractivity contribution is -0.159. The van der Waals surface area contributed by atoms with Crippen LogP contribution >= 0.6 is 0 Å². The number of amides is 1. The largest absolute Gasteiger partial charge is 0.471 e. The molecule has 0 radical (unpaired) electrons. The molecule has 1 aliphatic rings. The highest BCUT2D eigenvalue weighted by atomic mass is 19.4. The zero-order valence-corrected chi connectivity index (χ0v) is 14.5. The Morgan fingerprint density at radius 2 is 1.86 bits per heavy atom. The number of aromatic nitrogens is 2. The maximum atomic E-state index is 12.5. The van der Waals surface area contributed by atoms with Gasteiger partial charge in [-0.15, -0.1) is 0 Å². The van der Waals surface area contributed by atoms with E-state index in [1.807, 2.05) is 0 Å². The molecule has 1 aromatic carbocycles. The molecule has 1 heterocycles. The minimum atomic E-state index is -4.76. The highest BCUT2D eigenvalue weighted by molar-refractivity contribution is 6.12. The molecule has 1 atom stereocenters. The summed E-state index contributed by atoms with van der Waals surface area (Å²) in [7, 11) is 0. The number of nitrogens with one attached hydrogen (secondary N) is 1. The van der Waals surface area contributed by atoms with E-state index in [0.717, 1.165) is 25.7 Å². The fourth-order valence-electron chi connectivity index (χ4n) is 3.00. The van der Waals surface area contributed by atoms with Crippen molar-refractivity contribution >= 4 is 11.7 Å². The van der Waals surface area contributed by atoms with E-state index >= 15 is 0 Å². The van der Waals surface area contributed by atoms with E-state index in [2.05, 4.69) is 20.0 Å². The van der Waals surface area contributed by atoms with Gasteiger partial charge in [-0.05, 0) is 12.8 Å². The first-order chi connectivity index (χ1) is 13.3. The number of benzene rings is 1. The number of nitriles is 1. The van der Waals surface area contributed by atoms with Gasteiger partial charge in [-0.25, -0.2) is 0 Å². The van der Waals surface area contributed by atoms with Gasteiger partial charge in [0.2, 0.25) is 11.7 Å². The lowest BCUT2D eigenvalue weighted by atomic mass is 9.96. The van der Waals surface area contributed by atoms with Crippen molar-refractivity contribution in [1.29, 1.82) is 5.26 Å². The summed E-state index contributed by atoms with van der Waals surface area (Å²) >= 11 is 0. The molecule has 1 saturated carbocycles. The summed E-state index contributed by atoms with van der Waals surface area (Å²) in [5.41, 5.74) is 0.274. The number of halogens is 3. The third-order valence-electron chi connectivity index (χ3n) is 4.45. The Morgan fingerprint density at radius 3 is 2.39 bits per heavy atom. The van der Waals surface area contributed by atoms with Crippen molar-refractivity contribution in [3.05, 3.63) is 35.7 Å². The molecular weight excluding hydrogens is 377 g/mol. The quantitative estimate of drug-likeness (QED) is 0.619. The Balaban J connectivity index is 1.72. The molecule has 1 aromatic heterocycles. The molecular formula is C18H15F3N4O3. The molecule has 3 rings (SSSR count). The molecule has 0 aliphatic heterocycles. The van der Waals surface area contributed by atoms with E-state index in [4.69, 9.17) is 0 Å². The van der Waals surface area contributed by atoms with Gasteiger partial charge in [-0.2, -0.15) is 23.4 Å². The SMILES string of the molecule is N#CC(C(=O)NC1CCCC1)C(=O)c1ccc(-c2noc(C(F)(F)F)n2)cc1. The van der Waals surface area contributed by atoms with Crippen LogP contribution in [-0.4, -0.2) is 27.9 Å². The standard InChI is InChI=1S/C18H15F3N4O3/c19-18(20,21)17-24-15(25-28-17)11-7-5-10(6-8-11)14(26)13(9-22)16(27)23-12-3-1-2-4-12/h5-8,12-13H,1-4H2,(H,23,27). The van der Waals surface area contributed by atoms with Crippen LogP contribution in [0.25, 0.3) is 11.4 Å². The molecule has 2 aromatic rings. The Hall–Kier alpha value is -3.22. The van der Waals surface area contributed by atoms with Gasteiger partial charge in [0.25, 0.3) is 0 Å². The minimum Gasteiger partial charge on any atom is -0.352 e. The highest BCUT2D eigenvalue weighted by Gasteiger charge is 2.38. The van der Waals surface area contributed by atoms with Crippen LogP contribution in [0.1, 0.15) is 41.9 Å². The van der Waals surface area contributed by atoms with Gasteiger partial charge >= 0.3 is 12.1 Å². The number of hydrogen-bond donors (Lipinski definition) is 1. The van der Waals surface area contributed by atoms with Crippen LogP contribution in [0.2, 0.25) is 0 Å². The van der Waals surface area contributed by atoms with E-state index in [1.165, 1.54) is 24.3 Å². The van der Waals surface area contributed by atoms with Crippen molar-refractivity contribution in [2.45, 2.75) is 37.9 Å². The summed E-state index contributed by atoms with van der Waals surface area (Å²) in [6.45, 7) is 0. The highest BCUT2D eigenvalue weighted by Crippen LogP contribution is 2.29. The minimum absolute atomic E-state index is 0.0282. The van der Waals surface area contributed by atoms with E-state index in [1.54, 1.807) is 6.07 Å². The first-order valence-electron chi connectivity index (χ1n) is 8.55. The summed E-state index contributed by atoms with van der Waals surface area (Å²) in [6, 6.07) is 6.93. The fraction of sp³-hybridized carbons (Fsp3) is 0.389. The zero-order valence-electron chi connectivity index (χ0n) is 14.5. The molecule has 1 unspecified atom stereocenters. The predicted molar refractivity (Wildman–Crippen MR) is 88.6 cm³/mol. The van der Waals surface area contributed by atoms with Crippen LogP contribution in [0.5, 0.6) is 0 Å². The second-order valence-corrected chi connectivity index (χ2v) is 6.41. The van der Waals surface area contributed by atoms with Crippen LogP contribution in [0.4, 0.5) is 13.2 Å². The summed E-state index contributed by atoms with van der Waals surface area (Å²) < 4.78 is 41.7. The summed E-state index contributed by atoms with van der Waals surface area (Å²) in [6.07, 6.45) is -1.14. The lowest BCUT2D eigenvalue weighted by Gasteiger charge is -2.14. The number of ketones is 1. The van der Waals surface area contributed by atoms with Crippen LogP contribution < -0.4 is 5.32 Å². The molecule has 1 N–H and O–H groups in total. The molecule has 1 aliphatic carbocycles. The van der Waals surface area contributed by atoms with Crippen LogP contribution in [-0.2, 0) is 11.0 Å². The molecule has 10 heteroatoms. The molecule has 28 heavy (non-hydrogen) atoms. The van der Waals surface area contributed by atoms with E-state index in [-0.39, 0.29) is 23.0 Å². The van der Waals surface area contributed by atoms with Gasteiger partial charge in [0.05, 0.1) is 6.07 Å². The van der Waals surface area contributed by atoms with Crippen molar-refractivity contribution in [2.24, 2.45) is 5.92 Å². The summed E-state index contributed by atoms with van der Waals surface area (Å²) in [5.74, 6) is -4.59. The van der Waals surface area contributed by atoms with Gasteiger partial charge in [-0.3, -0.25) is 9.59 Å². The number of hydrogen-bond acceptors (Lipinski definition) is 6. The first kappa shape index (κ1) is 19.5. The maximum absolute atomic E-state index is 12.5. The van der Waals surface area contributed by atoms with Crippen molar-refractivity contribution in [3.63, 3.8) is 0 Å². The Labute approximate surface area is 157 Å². The third-order valence-corrected chi connectivity index (χ3v) is 4.45. The van der Waals surface area contributed by atoms with Crippen molar-refractivity contribution in [3.8, 4) is 17.5 Å². The number of rotatable bonds is 5. The van der Waals surface area contributed by atoms with E-state index in [0.29, 0.717) is 0 Å². The van der Waals surface area contributed by atoms with Gasteiger partial charge in [-0.1, -0.05) is 42.3 Å². The van der Waals surface area contributed by atoms with Crippen molar-refractivity contribution in [2.75, 3.05) is 0 Å². The van der Waals surface area contributed by atoms with Crippen LogP contribution in [0.3, 0.4) is 0 Å². The Morgan fingerprint density at radius 1 is 1.21 bits per heavy atom. The smallest absolute Gasteiger partial charge is 0.352 e. The summed E-state index contributed by atoms with van der Waals surface area (Å²) in [4.78, 5) is 28.0. The van der Waals surface area contributed by atoms with Crippen molar-refractivity contribution < 1.29 is 27.3 Å². The maximum Gasteiger partial charge on any atom is 0.471 e. The lowest BCUT2D eigenvalue weighted by Crippen LogP contribution is -2.39. The van der Waals surface area contributed by atoms with E-state index < -0.39 is 29.7 Å². The zero-order chi connectivity index (χ0) is 20.3. The monoisotopic (exact) mass is 392 g/mol. The molecule has 1 amide bonds. The second-order valence-electron chi connectivity index (χ2n) is 6.41. The molecule has 0 spiro atoms. The molecule has 0 saturated heterocycles. The first-order valence-corrected chi connectivity index (χ1v) is 8.55. The van der Waals surface area contributed by atoms with E-state index in [9.17, 15) is 28.0 Å². The third kappa shape index (κ3) is 4.19. The molecule has 146 valence electrons. The second kappa shape index (κ2) is 7.80. The van der Waals surface area contributed by atoms with Crippen LogP contribution in [0, 0.1) is 17.2 Å². The number of carbonyl (C=O) groups excluding carboxylic acids is 2. The Bertz CT molecular complexity index is 909. The molecule has 7 nitrogen and oxygen atoms in total. The normalized spacial score (nSPS) is 15.8. The van der Waals surface area contributed by atoms with Gasteiger partial charge in [0, 0.05) is 17.2 Å². The average molecular weight is 392 g/mol. The molecule has 1 fully saturated rings. The Kier molecular flexibility index (Phi) is 5.44.